The zero-order chi connectivity index (χ0) is 17.1. The third-order valence-corrected chi connectivity index (χ3v) is 3.95. The predicted molar refractivity (Wildman–Crippen MR) is 101 cm³/mol. The van der Waals surface area contributed by atoms with Crippen LogP contribution in [0.1, 0.15) is 0 Å². The topological polar surface area (TPSA) is 82.0 Å². The fourth-order valence-corrected chi connectivity index (χ4v) is 2.70. The SMILES string of the molecule is COc1cccc(NC(=S)N=Nc2c(O)[nH]c3ccc(Br)cc23)c1. The number of H-pyrrole nitrogens is 1. The Labute approximate surface area is 151 Å². The molecule has 0 radical (unpaired) electrons. The summed E-state index contributed by atoms with van der Waals surface area (Å²) in [5, 5.41) is 21.9. The number of hydrogen-bond donors (Lipinski definition) is 3. The number of aromatic amines is 1. The van der Waals surface area contributed by atoms with Gasteiger partial charge in [0.15, 0.2) is 5.69 Å². The summed E-state index contributed by atoms with van der Waals surface area (Å²) in [5.74, 6) is 0.648. The van der Waals surface area contributed by atoms with E-state index in [4.69, 9.17) is 17.0 Å². The van der Waals surface area contributed by atoms with Crippen LogP contribution >= 0.6 is 28.1 Å². The van der Waals surface area contributed by atoms with Crippen LogP contribution in [0.4, 0.5) is 11.4 Å². The maximum atomic E-state index is 9.99. The van der Waals surface area contributed by atoms with Crippen LogP contribution in [0.5, 0.6) is 11.6 Å². The monoisotopic (exact) mass is 404 g/mol. The fraction of sp³-hybridized carbons (Fsp3) is 0.0625. The lowest BCUT2D eigenvalue weighted by molar-refractivity contribution is 0.415. The van der Waals surface area contributed by atoms with Crippen molar-refractivity contribution >= 4 is 55.5 Å². The number of hydrogen-bond acceptors (Lipinski definition) is 4. The van der Waals surface area contributed by atoms with E-state index in [-0.39, 0.29) is 11.0 Å². The number of benzene rings is 2. The molecule has 8 heteroatoms. The van der Waals surface area contributed by atoms with E-state index in [2.05, 4.69) is 36.5 Å². The number of anilines is 1. The van der Waals surface area contributed by atoms with Crippen LogP contribution in [0.3, 0.4) is 0 Å². The lowest BCUT2D eigenvalue weighted by atomic mass is 10.2. The molecule has 0 unspecified atom stereocenters. The van der Waals surface area contributed by atoms with Crippen LogP contribution in [0.25, 0.3) is 10.9 Å². The molecular weight excluding hydrogens is 392 g/mol. The van der Waals surface area contributed by atoms with Crippen LogP contribution in [-0.4, -0.2) is 22.3 Å². The summed E-state index contributed by atoms with van der Waals surface area (Å²) in [6, 6.07) is 12.9. The van der Waals surface area contributed by atoms with Crippen LogP contribution in [0, 0.1) is 0 Å². The third kappa shape index (κ3) is 3.55. The van der Waals surface area contributed by atoms with E-state index in [0.717, 1.165) is 21.1 Å². The van der Waals surface area contributed by atoms with E-state index in [0.29, 0.717) is 11.4 Å². The zero-order valence-corrected chi connectivity index (χ0v) is 15.0. The fourth-order valence-electron chi connectivity index (χ4n) is 2.18. The van der Waals surface area contributed by atoms with Crippen molar-refractivity contribution < 1.29 is 9.84 Å². The van der Waals surface area contributed by atoms with E-state index in [1.54, 1.807) is 13.2 Å². The molecule has 0 spiro atoms. The third-order valence-electron chi connectivity index (χ3n) is 3.28. The summed E-state index contributed by atoms with van der Waals surface area (Å²) < 4.78 is 6.03. The quantitative estimate of drug-likeness (QED) is 0.417. The van der Waals surface area contributed by atoms with Gasteiger partial charge in [-0.1, -0.05) is 22.0 Å². The molecule has 122 valence electrons. The van der Waals surface area contributed by atoms with Crippen molar-refractivity contribution in [2.24, 2.45) is 10.2 Å². The second-order valence-electron chi connectivity index (χ2n) is 4.87. The van der Waals surface area contributed by atoms with Crippen molar-refractivity contribution in [1.29, 1.82) is 0 Å². The molecule has 6 nitrogen and oxygen atoms in total. The summed E-state index contributed by atoms with van der Waals surface area (Å²) in [6.45, 7) is 0. The number of rotatable bonds is 3. The van der Waals surface area contributed by atoms with E-state index < -0.39 is 0 Å². The summed E-state index contributed by atoms with van der Waals surface area (Å²) in [4.78, 5) is 2.84. The van der Waals surface area contributed by atoms with Crippen LogP contribution in [-0.2, 0) is 0 Å². The standard InChI is InChI=1S/C16H13BrN4O2S/c1-23-11-4-2-3-10(8-11)18-16(24)21-20-14-12-7-9(17)5-6-13(12)19-15(14)22/h2-8,19,22H,1H3,(H,18,24). The Bertz CT molecular complexity index is 939. The van der Waals surface area contributed by atoms with Crippen molar-refractivity contribution in [1.82, 2.24) is 4.98 Å². The molecule has 2 aromatic carbocycles. The molecule has 0 aliphatic heterocycles. The Balaban J connectivity index is 1.81. The number of methoxy groups -OCH3 is 1. The number of nitrogens with one attached hydrogen (secondary N) is 2. The van der Waals surface area contributed by atoms with Crippen LogP contribution in [0.15, 0.2) is 57.2 Å². The van der Waals surface area contributed by atoms with Gasteiger partial charge in [-0.25, -0.2) is 0 Å². The van der Waals surface area contributed by atoms with Crippen LogP contribution in [0.2, 0.25) is 0 Å². The van der Waals surface area contributed by atoms with E-state index in [1.807, 2.05) is 36.4 Å². The number of halogens is 1. The maximum Gasteiger partial charge on any atom is 0.218 e. The summed E-state index contributed by atoms with van der Waals surface area (Å²) in [7, 11) is 1.59. The van der Waals surface area contributed by atoms with Gasteiger partial charge in [0.1, 0.15) is 5.75 Å². The molecule has 1 aromatic heterocycles. The molecule has 1 heterocycles. The van der Waals surface area contributed by atoms with Crippen molar-refractivity contribution in [3.63, 3.8) is 0 Å². The molecule has 0 saturated carbocycles. The first-order valence-electron chi connectivity index (χ1n) is 6.94. The number of nitrogens with zero attached hydrogens (tertiary/aromatic N) is 2. The molecular formula is C16H13BrN4O2S. The number of fused-ring (bicyclic) bond motifs is 1. The Morgan fingerprint density at radius 3 is 2.92 bits per heavy atom. The van der Waals surface area contributed by atoms with Crippen molar-refractivity contribution in [3.05, 3.63) is 46.9 Å². The van der Waals surface area contributed by atoms with Gasteiger partial charge < -0.3 is 20.1 Å². The normalized spacial score (nSPS) is 11.1. The Morgan fingerprint density at radius 2 is 2.12 bits per heavy atom. The number of ether oxygens (including phenoxy) is 1. The molecule has 0 fully saturated rings. The lowest BCUT2D eigenvalue weighted by Gasteiger charge is -2.05. The summed E-state index contributed by atoms with van der Waals surface area (Å²) in [6.07, 6.45) is 0. The average molecular weight is 405 g/mol. The summed E-state index contributed by atoms with van der Waals surface area (Å²) >= 11 is 8.56. The number of aromatic nitrogens is 1. The first kappa shape index (κ1) is 16.4. The lowest BCUT2D eigenvalue weighted by Crippen LogP contribution is -2.04. The number of thiocarbonyl (C=S) groups is 1. The summed E-state index contributed by atoms with van der Waals surface area (Å²) in [5.41, 5.74) is 1.83. The molecule has 0 saturated heterocycles. The molecule has 0 aliphatic carbocycles. The minimum atomic E-state index is -0.0592. The highest BCUT2D eigenvalue weighted by Gasteiger charge is 2.11. The van der Waals surface area contributed by atoms with Gasteiger partial charge >= 0.3 is 0 Å². The van der Waals surface area contributed by atoms with E-state index in [9.17, 15) is 5.11 Å². The van der Waals surface area contributed by atoms with Gasteiger partial charge in [-0.3, -0.25) is 0 Å². The van der Waals surface area contributed by atoms with Crippen molar-refractivity contribution in [2.75, 3.05) is 12.4 Å². The minimum Gasteiger partial charge on any atom is -0.497 e. The van der Waals surface area contributed by atoms with Gasteiger partial charge in [-0.05, 0) is 42.5 Å². The molecule has 0 bridgehead atoms. The van der Waals surface area contributed by atoms with Gasteiger partial charge in [-0.2, -0.15) is 0 Å². The van der Waals surface area contributed by atoms with E-state index >= 15 is 0 Å². The smallest absolute Gasteiger partial charge is 0.218 e. The molecule has 0 aliphatic rings. The molecule has 3 aromatic rings. The first-order chi connectivity index (χ1) is 11.6. The highest BCUT2D eigenvalue weighted by Crippen LogP contribution is 2.36. The van der Waals surface area contributed by atoms with Gasteiger partial charge in [0.05, 0.1) is 12.6 Å². The van der Waals surface area contributed by atoms with Crippen LogP contribution < -0.4 is 10.1 Å². The Morgan fingerprint density at radius 1 is 1.29 bits per heavy atom. The largest absolute Gasteiger partial charge is 0.497 e. The van der Waals surface area contributed by atoms with Gasteiger partial charge in [0, 0.05) is 21.6 Å². The van der Waals surface area contributed by atoms with Gasteiger partial charge in [0.25, 0.3) is 0 Å². The predicted octanol–water partition coefficient (Wildman–Crippen LogP) is 5.13. The second-order valence-corrected chi connectivity index (χ2v) is 6.18. The Kier molecular flexibility index (Phi) is 4.77. The zero-order valence-electron chi connectivity index (χ0n) is 12.6. The minimum absolute atomic E-state index is 0.0592. The second kappa shape index (κ2) is 6.98. The maximum absolute atomic E-state index is 9.99. The number of azo groups is 1. The molecule has 0 amide bonds. The van der Waals surface area contributed by atoms with Crippen molar-refractivity contribution in [3.8, 4) is 11.6 Å². The van der Waals surface area contributed by atoms with Gasteiger partial charge in [0.2, 0.25) is 11.0 Å². The highest BCUT2D eigenvalue weighted by atomic mass is 79.9. The van der Waals surface area contributed by atoms with E-state index in [1.165, 1.54) is 0 Å². The number of aromatic hydroxyl groups is 1. The average Bonchev–Trinajstić information content (AvgIpc) is 2.88. The molecule has 3 N–H and O–H groups in total. The molecule has 3 rings (SSSR count). The Hall–Kier alpha value is -2.45. The molecule has 24 heavy (non-hydrogen) atoms. The van der Waals surface area contributed by atoms with Gasteiger partial charge in [-0.15, -0.1) is 10.2 Å². The first-order valence-corrected chi connectivity index (χ1v) is 8.14. The van der Waals surface area contributed by atoms with Crippen molar-refractivity contribution in [2.45, 2.75) is 0 Å². The highest BCUT2D eigenvalue weighted by molar-refractivity contribution is 9.10. The molecule has 0 atom stereocenters.